The van der Waals surface area contributed by atoms with E-state index in [0.717, 1.165) is 19.3 Å². The number of nitro benzene ring substituents is 1. The lowest BCUT2D eigenvalue weighted by atomic mass is 9.88. The maximum absolute atomic E-state index is 11.9. The highest BCUT2D eigenvalue weighted by molar-refractivity contribution is 5.75. The Morgan fingerprint density at radius 3 is 2.74 bits per heavy atom. The van der Waals surface area contributed by atoms with Crippen LogP contribution in [0, 0.1) is 16.0 Å². The topological polar surface area (TPSA) is 87.9 Å². The Kier molecular flexibility index (Phi) is 5.92. The molecule has 2 atom stereocenters. The van der Waals surface area contributed by atoms with E-state index >= 15 is 0 Å². The summed E-state index contributed by atoms with van der Waals surface area (Å²) in [5.74, 6) is -0.0206. The molecule has 1 aromatic rings. The van der Waals surface area contributed by atoms with Crippen LogP contribution in [0.5, 0.6) is 11.5 Å². The van der Waals surface area contributed by atoms with Gasteiger partial charge in [-0.05, 0) is 30.9 Å². The van der Waals surface area contributed by atoms with Crippen molar-refractivity contribution in [3.63, 3.8) is 0 Å². The van der Waals surface area contributed by atoms with Gasteiger partial charge in [-0.3, -0.25) is 10.1 Å². The lowest BCUT2D eigenvalue weighted by molar-refractivity contribution is -0.385. The molecular formula is C16H21NO6. The minimum Gasteiger partial charge on any atom is -0.496 e. The average Bonchev–Trinajstić information content (AvgIpc) is 2.54. The largest absolute Gasteiger partial charge is 0.496 e. The van der Waals surface area contributed by atoms with Crippen LogP contribution in [0.4, 0.5) is 5.69 Å². The van der Waals surface area contributed by atoms with Gasteiger partial charge in [0.15, 0.2) is 0 Å². The van der Waals surface area contributed by atoms with Gasteiger partial charge >= 0.3 is 11.7 Å². The van der Waals surface area contributed by atoms with Crippen molar-refractivity contribution in [1.82, 2.24) is 0 Å². The van der Waals surface area contributed by atoms with Gasteiger partial charge in [0.1, 0.15) is 12.4 Å². The van der Waals surface area contributed by atoms with E-state index < -0.39 is 10.9 Å². The molecule has 0 N–H and O–H groups in total. The number of rotatable bonds is 6. The summed E-state index contributed by atoms with van der Waals surface area (Å²) in [6, 6.07) is 4.06. The van der Waals surface area contributed by atoms with E-state index in [1.165, 1.54) is 31.7 Å². The molecule has 0 spiro atoms. The summed E-state index contributed by atoms with van der Waals surface area (Å²) in [6.07, 6.45) is 4.33. The Balaban J connectivity index is 1.95. The number of hydrogen-bond donors (Lipinski definition) is 0. The van der Waals surface area contributed by atoms with Crippen LogP contribution in [0.1, 0.15) is 32.6 Å². The van der Waals surface area contributed by atoms with E-state index in [4.69, 9.17) is 14.2 Å². The smallest absolute Gasteiger partial charge is 0.337 e. The molecule has 23 heavy (non-hydrogen) atoms. The molecule has 2 rings (SSSR count). The van der Waals surface area contributed by atoms with Gasteiger partial charge in [0, 0.05) is 0 Å². The molecule has 1 fully saturated rings. The number of ether oxygens (including phenoxy) is 3. The molecule has 7 nitrogen and oxygen atoms in total. The maximum Gasteiger partial charge on any atom is 0.337 e. The first-order valence-electron chi connectivity index (χ1n) is 7.66. The molecule has 0 bridgehead atoms. The van der Waals surface area contributed by atoms with E-state index in [2.05, 4.69) is 6.92 Å². The summed E-state index contributed by atoms with van der Waals surface area (Å²) >= 11 is 0. The maximum atomic E-state index is 11.9. The summed E-state index contributed by atoms with van der Waals surface area (Å²) in [6.45, 7) is 1.89. The average molecular weight is 323 g/mol. The molecule has 0 aliphatic heterocycles. The Hall–Kier alpha value is -2.15. The highest BCUT2D eigenvalue weighted by Gasteiger charge is 2.24. The fourth-order valence-electron chi connectivity index (χ4n) is 2.71. The van der Waals surface area contributed by atoms with Gasteiger partial charge in [0.2, 0.25) is 5.75 Å². The normalized spacial score (nSPS) is 20.8. The predicted molar refractivity (Wildman–Crippen MR) is 82.7 cm³/mol. The van der Waals surface area contributed by atoms with E-state index in [1.807, 2.05) is 0 Å². The Morgan fingerprint density at radius 1 is 1.35 bits per heavy atom. The molecule has 0 radical (unpaired) electrons. The van der Waals surface area contributed by atoms with Crippen molar-refractivity contribution in [2.24, 2.45) is 5.92 Å². The molecule has 126 valence electrons. The van der Waals surface area contributed by atoms with E-state index in [9.17, 15) is 14.9 Å². The van der Waals surface area contributed by atoms with Crippen molar-refractivity contribution in [2.75, 3.05) is 13.7 Å². The number of carbonyl (C=O) groups excluding carboxylic acids is 1. The van der Waals surface area contributed by atoms with Crippen molar-refractivity contribution >= 4 is 11.7 Å². The molecule has 1 aliphatic carbocycles. The minimum absolute atomic E-state index is 0.0437. The van der Waals surface area contributed by atoms with E-state index in [-0.39, 0.29) is 24.1 Å². The van der Waals surface area contributed by atoms with Gasteiger partial charge in [-0.25, -0.2) is 4.79 Å². The molecule has 0 aromatic heterocycles. The van der Waals surface area contributed by atoms with Crippen molar-refractivity contribution in [3.05, 3.63) is 28.3 Å². The zero-order valence-corrected chi connectivity index (χ0v) is 13.3. The number of methoxy groups -OCH3 is 1. The van der Waals surface area contributed by atoms with Crippen LogP contribution in [0.3, 0.4) is 0 Å². The van der Waals surface area contributed by atoms with Crippen LogP contribution >= 0.6 is 0 Å². The standard InChI is InChI=1S/C16H21NO6/c1-11-5-3-4-6-14(11)22-10-16(18)23-15-8-7-12(21-2)9-13(15)17(19)20/h7-9,11,14H,3-6,10H2,1-2H3. The highest BCUT2D eigenvalue weighted by atomic mass is 16.6. The molecule has 0 heterocycles. The zero-order chi connectivity index (χ0) is 16.8. The molecule has 1 aromatic carbocycles. The molecular weight excluding hydrogens is 302 g/mol. The summed E-state index contributed by atoms with van der Waals surface area (Å²) in [7, 11) is 1.41. The quantitative estimate of drug-likeness (QED) is 0.346. The van der Waals surface area contributed by atoms with Crippen LogP contribution in [0.2, 0.25) is 0 Å². The van der Waals surface area contributed by atoms with Gasteiger partial charge in [-0.2, -0.15) is 0 Å². The van der Waals surface area contributed by atoms with Gasteiger partial charge in [-0.1, -0.05) is 19.8 Å². The first kappa shape index (κ1) is 17.2. The van der Waals surface area contributed by atoms with Crippen molar-refractivity contribution in [3.8, 4) is 11.5 Å². The van der Waals surface area contributed by atoms with Gasteiger partial charge in [-0.15, -0.1) is 0 Å². The summed E-state index contributed by atoms with van der Waals surface area (Å²) < 4.78 is 15.6. The van der Waals surface area contributed by atoms with Crippen LogP contribution in [0.15, 0.2) is 18.2 Å². The molecule has 0 amide bonds. The van der Waals surface area contributed by atoms with Crippen LogP contribution in [-0.2, 0) is 9.53 Å². The molecule has 2 unspecified atom stereocenters. The van der Waals surface area contributed by atoms with Gasteiger partial charge in [0.05, 0.1) is 24.2 Å². The first-order valence-corrected chi connectivity index (χ1v) is 7.66. The van der Waals surface area contributed by atoms with Crippen molar-refractivity contribution in [2.45, 2.75) is 38.7 Å². The van der Waals surface area contributed by atoms with Gasteiger partial charge < -0.3 is 14.2 Å². The number of esters is 1. The Bertz CT molecular complexity index is 574. The molecule has 7 heteroatoms. The number of nitro groups is 1. The highest BCUT2D eigenvalue weighted by Crippen LogP contribution is 2.31. The second-order valence-corrected chi connectivity index (χ2v) is 5.68. The molecule has 1 saturated carbocycles. The summed E-state index contributed by atoms with van der Waals surface area (Å²) in [5.41, 5.74) is -0.316. The van der Waals surface area contributed by atoms with Crippen molar-refractivity contribution in [1.29, 1.82) is 0 Å². The number of hydrogen-bond acceptors (Lipinski definition) is 6. The van der Waals surface area contributed by atoms with Crippen LogP contribution in [0.25, 0.3) is 0 Å². The summed E-state index contributed by atoms with van der Waals surface area (Å²) in [4.78, 5) is 22.3. The lowest BCUT2D eigenvalue weighted by Gasteiger charge is -2.28. The lowest BCUT2D eigenvalue weighted by Crippen LogP contribution is -2.29. The second kappa shape index (κ2) is 7.92. The number of benzene rings is 1. The number of nitrogens with zero attached hydrogens (tertiary/aromatic N) is 1. The van der Waals surface area contributed by atoms with E-state index in [0.29, 0.717) is 11.7 Å². The fourth-order valence-corrected chi connectivity index (χ4v) is 2.71. The number of carbonyl (C=O) groups is 1. The monoisotopic (exact) mass is 323 g/mol. The van der Waals surface area contributed by atoms with E-state index in [1.54, 1.807) is 0 Å². The van der Waals surface area contributed by atoms with Crippen LogP contribution in [-0.4, -0.2) is 30.7 Å². The fraction of sp³-hybridized carbons (Fsp3) is 0.562. The second-order valence-electron chi connectivity index (χ2n) is 5.68. The summed E-state index contributed by atoms with van der Waals surface area (Å²) in [5, 5.41) is 11.0. The molecule has 0 saturated heterocycles. The van der Waals surface area contributed by atoms with Gasteiger partial charge in [0.25, 0.3) is 0 Å². The minimum atomic E-state index is -0.643. The predicted octanol–water partition coefficient (Wildman–Crippen LogP) is 3.10. The Labute approximate surface area is 134 Å². The van der Waals surface area contributed by atoms with Crippen LogP contribution < -0.4 is 9.47 Å². The molecule has 1 aliphatic rings. The third-order valence-corrected chi connectivity index (χ3v) is 4.03. The third kappa shape index (κ3) is 4.66. The first-order chi connectivity index (χ1) is 11.0. The SMILES string of the molecule is COc1ccc(OC(=O)COC2CCCCC2C)c([N+](=O)[O-])c1. The zero-order valence-electron chi connectivity index (χ0n) is 13.3. The van der Waals surface area contributed by atoms with Crippen molar-refractivity contribution < 1.29 is 23.9 Å². The Morgan fingerprint density at radius 2 is 2.09 bits per heavy atom. The third-order valence-electron chi connectivity index (χ3n) is 4.03.